The standard InChI is InChI=1S/C9H20N6O4/c10-7(8(17)12-5-2-6-16)3-1-4-13-9(11)14-15(18)19/h7,16H,1-6,10H2,(H,12,17)(H3,11,13,14)/t7-/m0/s1. The lowest BCUT2D eigenvalue weighted by atomic mass is 10.1. The van der Waals surface area contributed by atoms with Crippen LogP contribution < -0.4 is 22.2 Å². The summed E-state index contributed by atoms with van der Waals surface area (Å²) in [5.74, 6) is -0.584. The van der Waals surface area contributed by atoms with Gasteiger partial charge in [-0.25, -0.2) is 15.1 Å². The molecule has 7 N–H and O–H groups in total. The first-order valence-corrected chi connectivity index (χ1v) is 5.82. The van der Waals surface area contributed by atoms with Crippen molar-refractivity contribution in [2.45, 2.75) is 25.3 Å². The second kappa shape index (κ2) is 10.0. The number of rotatable bonds is 9. The molecule has 0 unspecified atom stereocenters. The Morgan fingerprint density at radius 1 is 1.47 bits per heavy atom. The van der Waals surface area contributed by atoms with Crippen molar-refractivity contribution in [2.75, 3.05) is 19.7 Å². The quantitative estimate of drug-likeness (QED) is 0.103. The molecule has 0 heterocycles. The van der Waals surface area contributed by atoms with E-state index in [1.807, 2.05) is 0 Å². The fraction of sp³-hybridized carbons (Fsp3) is 0.778. The van der Waals surface area contributed by atoms with Crippen molar-refractivity contribution in [2.24, 2.45) is 16.5 Å². The van der Waals surface area contributed by atoms with Crippen LogP contribution in [-0.4, -0.2) is 47.7 Å². The van der Waals surface area contributed by atoms with Gasteiger partial charge in [0, 0.05) is 19.7 Å². The van der Waals surface area contributed by atoms with Gasteiger partial charge in [0.2, 0.25) is 5.91 Å². The predicted molar refractivity (Wildman–Crippen MR) is 68.5 cm³/mol. The van der Waals surface area contributed by atoms with E-state index in [4.69, 9.17) is 16.6 Å². The summed E-state index contributed by atoms with van der Waals surface area (Å²) in [6.07, 6.45) is 1.35. The van der Waals surface area contributed by atoms with Crippen LogP contribution in [0.5, 0.6) is 0 Å². The number of nitrogens with two attached hydrogens (primary N) is 2. The molecular formula is C9H20N6O4. The Kier molecular flexibility index (Phi) is 9.00. The average Bonchev–Trinajstić information content (AvgIpc) is 2.33. The third-order valence-electron chi connectivity index (χ3n) is 2.13. The number of carbonyl (C=O) groups is 1. The van der Waals surface area contributed by atoms with Gasteiger partial charge in [0.05, 0.1) is 6.04 Å². The van der Waals surface area contributed by atoms with Crippen molar-refractivity contribution >= 4 is 11.9 Å². The maximum atomic E-state index is 11.4. The number of hydrazine groups is 1. The number of guanidine groups is 1. The van der Waals surface area contributed by atoms with Crippen LogP contribution >= 0.6 is 0 Å². The normalized spacial score (nSPS) is 12.8. The molecule has 0 bridgehead atoms. The molecule has 0 aliphatic carbocycles. The van der Waals surface area contributed by atoms with E-state index < -0.39 is 11.1 Å². The van der Waals surface area contributed by atoms with Crippen molar-refractivity contribution < 1.29 is 14.9 Å². The Hall–Kier alpha value is -1.94. The highest BCUT2D eigenvalue weighted by molar-refractivity contribution is 5.81. The first-order chi connectivity index (χ1) is 8.97. The van der Waals surface area contributed by atoms with Crippen LogP contribution in [0.25, 0.3) is 0 Å². The molecular weight excluding hydrogens is 256 g/mol. The van der Waals surface area contributed by atoms with Crippen molar-refractivity contribution in [3.05, 3.63) is 10.1 Å². The fourth-order valence-electron chi connectivity index (χ4n) is 1.19. The second-order valence-electron chi connectivity index (χ2n) is 3.75. The fourth-order valence-corrected chi connectivity index (χ4v) is 1.19. The SMILES string of the molecule is NC(=NCCC[C@H](N)C(=O)NCCCO)N[N+](=O)[O-]. The molecule has 0 aliphatic rings. The topological polar surface area (TPSA) is 169 Å². The first kappa shape index (κ1) is 17.1. The molecule has 0 aromatic heterocycles. The van der Waals surface area contributed by atoms with Gasteiger partial charge in [-0.05, 0) is 19.3 Å². The van der Waals surface area contributed by atoms with Gasteiger partial charge in [-0.15, -0.1) is 0 Å². The number of aliphatic imine (C=N–C) groups is 1. The zero-order chi connectivity index (χ0) is 14.7. The third-order valence-corrected chi connectivity index (χ3v) is 2.13. The Bertz CT molecular complexity index is 322. The highest BCUT2D eigenvalue weighted by Crippen LogP contribution is 1.95. The van der Waals surface area contributed by atoms with Gasteiger partial charge in [0.1, 0.15) is 0 Å². The van der Waals surface area contributed by atoms with Gasteiger partial charge in [-0.3, -0.25) is 4.79 Å². The number of hydrogen-bond donors (Lipinski definition) is 5. The third kappa shape index (κ3) is 9.73. The Labute approximate surface area is 110 Å². The van der Waals surface area contributed by atoms with Crippen LogP contribution in [0.2, 0.25) is 0 Å². The summed E-state index contributed by atoms with van der Waals surface area (Å²) < 4.78 is 0. The van der Waals surface area contributed by atoms with Crippen LogP contribution in [0.4, 0.5) is 0 Å². The lowest BCUT2D eigenvalue weighted by Crippen LogP contribution is -2.41. The summed E-state index contributed by atoms with van der Waals surface area (Å²) in [6, 6.07) is -0.668. The van der Waals surface area contributed by atoms with E-state index in [2.05, 4.69) is 10.3 Å². The molecule has 0 aromatic carbocycles. The predicted octanol–water partition coefficient (Wildman–Crippen LogP) is -2.31. The van der Waals surface area contributed by atoms with Gasteiger partial charge in [0.15, 0.2) is 5.03 Å². The van der Waals surface area contributed by atoms with Crippen LogP contribution in [0, 0.1) is 10.1 Å². The van der Waals surface area contributed by atoms with Gasteiger partial charge in [-0.1, -0.05) is 5.43 Å². The van der Waals surface area contributed by atoms with E-state index >= 15 is 0 Å². The molecule has 0 aliphatic heterocycles. The summed E-state index contributed by atoms with van der Waals surface area (Å²) in [7, 11) is 0. The van der Waals surface area contributed by atoms with Crippen molar-refractivity contribution in [3.8, 4) is 0 Å². The van der Waals surface area contributed by atoms with E-state index in [1.165, 1.54) is 0 Å². The number of nitrogens with zero attached hydrogens (tertiary/aromatic N) is 2. The zero-order valence-electron chi connectivity index (χ0n) is 10.5. The highest BCUT2D eigenvalue weighted by Gasteiger charge is 2.11. The molecule has 10 heteroatoms. The summed E-state index contributed by atoms with van der Waals surface area (Å²) in [6.45, 7) is 0.623. The maximum absolute atomic E-state index is 11.4. The number of hydrogen-bond acceptors (Lipinski definition) is 6. The van der Waals surface area contributed by atoms with Gasteiger partial charge >= 0.3 is 0 Å². The highest BCUT2D eigenvalue weighted by atomic mass is 16.7. The van der Waals surface area contributed by atoms with Gasteiger partial charge in [0.25, 0.3) is 5.96 Å². The van der Waals surface area contributed by atoms with Crippen LogP contribution in [0.1, 0.15) is 19.3 Å². The number of aliphatic hydroxyl groups is 1. The van der Waals surface area contributed by atoms with Crippen molar-refractivity contribution in [1.82, 2.24) is 10.7 Å². The zero-order valence-corrected chi connectivity index (χ0v) is 10.5. The molecule has 0 fully saturated rings. The number of aliphatic hydroxyl groups excluding tert-OH is 1. The molecule has 0 aromatic rings. The van der Waals surface area contributed by atoms with E-state index in [0.717, 1.165) is 0 Å². The number of carbonyl (C=O) groups excluding carboxylic acids is 1. The molecule has 0 saturated carbocycles. The lowest BCUT2D eigenvalue weighted by Gasteiger charge is -2.11. The summed E-state index contributed by atoms with van der Waals surface area (Å²) in [5.41, 5.74) is 12.5. The van der Waals surface area contributed by atoms with Crippen molar-refractivity contribution in [3.63, 3.8) is 0 Å². The number of nitro groups is 1. The Morgan fingerprint density at radius 3 is 2.74 bits per heavy atom. The summed E-state index contributed by atoms with van der Waals surface area (Å²) in [5, 5.41) is 20.3. The molecule has 0 radical (unpaired) electrons. The molecule has 110 valence electrons. The first-order valence-electron chi connectivity index (χ1n) is 5.82. The minimum atomic E-state index is -0.806. The van der Waals surface area contributed by atoms with E-state index in [1.54, 1.807) is 5.43 Å². The monoisotopic (exact) mass is 276 g/mol. The van der Waals surface area contributed by atoms with Gasteiger partial charge in [-0.2, -0.15) is 0 Å². The number of nitrogens with one attached hydrogen (secondary N) is 2. The van der Waals surface area contributed by atoms with Crippen LogP contribution in [0.3, 0.4) is 0 Å². The van der Waals surface area contributed by atoms with E-state index in [9.17, 15) is 14.9 Å². The van der Waals surface area contributed by atoms with E-state index in [0.29, 0.717) is 25.8 Å². The minimum Gasteiger partial charge on any atom is -0.396 e. The molecule has 1 atom stereocenters. The molecule has 1 amide bonds. The lowest BCUT2D eigenvalue weighted by molar-refractivity contribution is -0.525. The van der Waals surface area contributed by atoms with Crippen molar-refractivity contribution in [1.29, 1.82) is 0 Å². The average molecular weight is 276 g/mol. The van der Waals surface area contributed by atoms with Crippen LogP contribution in [-0.2, 0) is 4.79 Å². The van der Waals surface area contributed by atoms with Gasteiger partial charge < -0.3 is 21.9 Å². The largest absolute Gasteiger partial charge is 0.396 e. The maximum Gasteiger partial charge on any atom is 0.251 e. The molecule has 0 rings (SSSR count). The second-order valence-corrected chi connectivity index (χ2v) is 3.75. The molecule has 19 heavy (non-hydrogen) atoms. The summed E-state index contributed by atoms with van der Waals surface area (Å²) in [4.78, 5) is 25.1. The minimum absolute atomic E-state index is 0.00690. The smallest absolute Gasteiger partial charge is 0.251 e. The summed E-state index contributed by atoms with van der Waals surface area (Å²) >= 11 is 0. The number of amides is 1. The van der Waals surface area contributed by atoms with Crippen LogP contribution in [0.15, 0.2) is 4.99 Å². The van der Waals surface area contributed by atoms with E-state index in [-0.39, 0.29) is 25.0 Å². The Balaban J connectivity index is 3.75. The molecule has 0 spiro atoms. The Morgan fingerprint density at radius 2 is 2.16 bits per heavy atom. The molecule has 0 saturated heterocycles. The molecule has 10 nitrogen and oxygen atoms in total.